The fraction of sp³-hybridized carbons (Fsp3) is 0.500. The summed E-state index contributed by atoms with van der Waals surface area (Å²) in [6.45, 7) is 1.87. The summed E-state index contributed by atoms with van der Waals surface area (Å²) in [5.74, 6) is 5.58. The fourth-order valence-electron chi connectivity index (χ4n) is 2.19. The molecule has 1 atom stereocenters. The Morgan fingerprint density at radius 2 is 2.25 bits per heavy atom. The molecule has 1 aliphatic rings. The number of nitrogens with one attached hydrogen (secondary N) is 1. The molecule has 1 saturated heterocycles. The van der Waals surface area contributed by atoms with Crippen LogP contribution in [0.25, 0.3) is 0 Å². The van der Waals surface area contributed by atoms with Crippen molar-refractivity contribution >= 4 is 27.2 Å². The first-order chi connectivity index (χ1) is 9.34. The molecule has 1 aromatic heterocycles. The lowest BCUT2D eigenvalue weighted by Gasteiger charge is -2.33. The maximum atomic E-state index is 11.6. The normalized spacial score (nSPS) is 21.5. The van der Waals surface area contributed by atoms with E-state index in [1.54, 1.807) is 11.8 Å². The first-order valence-corrected chi connectivity index (χ1v) is 7.75. The molecule has 2 rings (SSSR count). The van der Waals surface area contributed by atoms with Crippen LogP contribution in [-0.2, 0) is 9.84 Å². The largest absolute Gasteiger partial charge is 0.346 e. The van der Waals surface area contributed by atoms with Crippen molar-refractivity contribution in [3.05, 3.63) is 22.2 Å². The van der Waals surface area contributed by atoms with Crippen LogP contribution in [0.1, 0.15) is 6.92 Å². The molecule has 9 nitrogen and oxygen atoms in total. The van der Waals surface area contributed by atoms with Crippen LogP contribution in [0.3, 0.4) is 0 Å². The van der Waals surface area contributed by atoms with Gasteiger partial charge in [0, 0.05) is 18.7 Å². The number of hydrogen-bond acceptors (Lipinski definition) is 8. The van der Waals surface area contributed by atoms with E-state index in [9.17, 15) is 18.5 Å². The Balaban J connectivity index is 2.43. The second kappa shape index (κ2) is 5.21. The first kappa shape index (κ1) is 14.5. The third-order valence-electron chi connectivity index (χ3n) is 3.14. The van der Waals surface area contributed by atoms with Crippen molar-refractivity contribution in [1.29, 1.82) is 0 Å². The number of nitro groups is 1. The maximum absolute atomic E-state index is 11.6. The maximum Gasteiger partial charge on any atom is 0.311 e. The van der Waals surface area contributed by atoms with E-state index in [0.29, 0.717) is 0 Å². The standard InChI is InChI=1S/C10H15N5O4S/c1-7-6-20(18,19)5-4-14(7)10-8(15(16)17)2-3-9(12-10)13-11/h2-3,7H,4-6,11H2,1H3,(H,12,13). The van der Waals surface area contributed by atoms with Gasteiger partial charge in [-0.15, -0.1) is 0 Å². The Morgan fingerprint density at radius 3 is 2.80 bits per heavy atom. The summed E-state index contributed by atoms with van der Waals surface area (Å²) in [5.41, 5.74) is 2.15. The fourth-order valence-corrected chi connectivity index (χ4v) is 3.75. The lowest BCUT2D eigenvalue weighted by atomic mass is 10.2. The van der Waals surface area contributed by atoms with Crippen molar-refractivity contribution in [2.45, 2.75) is 13.0 Å². The van der Waals surface area contributed by atoms with Crippen molar-refractivity contribution in [1.82, 2.24) is 4.98 Å². The van der Waals surface area contributed by atoms with Crippen molar-refractivity contribution in [2.75, 3.05) is 28.4 Å². The van der Waals surface area contributed by atoms with Gasteiger partial charge >= 0.3 is 5.69 Å². The van der Waals surface area contributed by atoms with Gasteiger partial charge in [-0.25, -0.2) is 19.2 Å². The van der Waals surface area contributed by atoms with Crippen molar-refractivity contribution in [3.8, 4) is 0 Å². The zero-order valence-electron chi connectivity index (χ0n) is 10.8. The number of hydrazine groups is 1. The van der Waals surface area contributed by atoms with Crippen LogP contribution >= 0.6 is 0 Å². The predicted octanol–water partition coefficient (Wildman–Crippen LogP) is -0.101. The first-order valence-electron chi connectivity index (χ1n) is 5.93. The minimum Gasteiger partial charge on any atom is -0.346 e. The summed E-state index contributed by atoms with van der Waals surface area (Å²) in [6, 6.07) is 2.31. The highest BCUT2D eigenvalue weighted by Crippen LogP contribution is 2.30. The lowest BCUT2D eigenvalue weighted by Crippen LogP contribution is -2.47. The molecule has 110 valence electrons. The number of nitrogens with zero attached hydrogens (tertiary/aromatic N) is 3. The van der Waals surface area contributed by atoms with Gasteiger partial charge in [0.1, 0.15) is 5.82 Å². The highest BCUT2D eigenvalue weighted by atomic mass is 32.2. The summed E-state index contributed by atoms with van der Waals surface area (Å²) in [6.07, 6.45) is 0. The van der Waals surface area contributed by atoms with E-state index in [1.807, 2.05) is 0 Å². The molecule has 0 saturated carbocycles. The van der Waals surface area contributed by atoms with Gasteiger partial charge in [0.15, 0.2) is 9.84 Å². The van der Waals surface area contributed by atoms with Gasteiger partial charge in [-0.1, -0.05) is 0 Å². The Hall–Kier alpha value is -1.94. The zero-order valence-corrected chi connectivity index (χ0v) is 11.6. The smallest absolute Gasteiger partial charge is 0.311 e. The van der Waals surface area contributed by atoms with Crippen LogP contribution in [0.2, 0.25) is 0 Å². The molecule has 0 bridgehead atoms. The van der Waals surface area contributed by atoms with E-state index in [0.717, 1.165) is 0 Å². The van der Waals surface area contributed by atoms with E-state index in [-0.39, 0.29) is 41.4 Å². The van der Waals surface area contributed by atoms with Gasteiger partial charge in [-0.3, -0.25) is 10.1 Å². The topological polar surface area (TPSA) is 131 Å². The molecule has 0 amide bonds. The van der Waals surface area contributed by atoms with Crippen LogP contribution in [-0.4, -0.2) is 42.4 Å². The molecule has 0 radical (unpaired) electrons. The summed E-state index contributed by atoms with van der Waals surface area (Å²) in [5, 5.41) is 11.1. The number of pyridine rings is 1. The van der Waals surface area contributed by atoms with E-state index in [2.05, 4.69) is 10.4 Å². The number of sulfone groups is 1. The third-order valence-corrected chi connectivity index (χ3v) is 4.94. The molecule has 20 heavy (non-hydrogen) atoms. The van der Waals surface area contributed by atoms with Crippen LogP contribution < -0.4 is 16.2 Å². The van der Waals surface area contributed by atoms with Crippen LogP contribution in [0.15, 0.2) is 12.1 Å². The lowest BCUT2D eigenvalue weighted by molar-refractivity contribution is -0.384. The van der Waals surface area contributed by atoms with Crippen molar-refractivity contribution < 1.29 is 13.3 Å². The highest BCUT2D eigenvalue weighted by Gasteiger charge is 2.33. The summed E-state index contributed by atoms with van der Waals surface area (Å²) in [7, 11) is -3.10. The third kappa shape index (κ3) is 2.80. The molecule has 1 aromatic rings. The Labute approximate surface area is 115 Å². The van der Waals surface area contributed by atoms with Crippen LogP contribution in [0.4, 0.5) is 17.3 Å². The highest BCUT2D eigenvalue weighted by molar-refractivity contribution is 7.91. The second-order valence-electron chi connectivity index (χ2n) is 4.60. The zero-order chi connectivity index (χ0) is 14.9. The molecule has 1 fully saturated rings. The van der Waals surface area contributed by atoms with Gasteiger partial charge < -0.3 is 10.3 Å². The molecule has 2 heterocycles. The van der Waals surface area contributed by atoms with Crippen molar-refractivity contribution in [3.63, 3.8) is 0 Å². The molecule has 1 unspecified atom stereocenters. The molecular weight excluding hydrogens is 286 g/mol. The van der Waals surface area contributed by atoms with E-state index in [4.69, 9.17) is 5.84 Å². The molecule has 10 heteroatoms. The van der Waals surface area contributed by atoms with Crippen molar-refractivity contribution in [2.24, 2.45) is 5.84 Å². The Morgan fingerprint density at radius 1 is 1.55 bits per heavy atom. The molecule has 1 aliphatic heterocycles. The van der Waals surface area contributed by atoms with Crippen LogP contribution in [0.5, 0.6) is 0 Å². The SMILES string of the molecule is CC1CS(=O)(=O)CCN1c1nc(NN)ccc1[N+](=O)[O-]. The summed E-state index contributed by atoms with van der Waals surface area (Å²) >= 11 is 0. The average Bonchev–Trinajstić information content (AvgIpc) is 2.36. The second-order valence-corrected chi connectivity index (χ2v) is 6.83. The van der Waals surface area contributed by atoms with Gasteiger partial charge in [-0.2, -0.15) is 0 Å². The number of aromatic nitrogens is 1. The van der Waals surface area contributed by atoms with Gasteiger partial charge in [-0.05, 0) is 13.0 Å². The minimum absolute atomic E-state index is 0.0452. The average molecular weight is 301 g/mol. The number of nitrogens with two attached hydrogens (primary N) is 1. The van der Waals surface area contributed by atoms with E-state index >= 15 is 0 Å². The molecule has 3 N–H and O–H groups in total. The molecule has 0 aromatic carbocycles. The number of rotatable bonds is 3. The van der Waals surface area contributed by atoms with Gasteiger partial charge in [0.25, 0.3) is 0 Å². The summed E-state index contributed by atoms with van der Waals surface area (Å²) in [4.78, 5) is 16.2. The number of anilines is 2. The molecular formula is C10H15N5O4S. The monoisotopic (exact) mass is 301 g/mol. The Kier molecular flexibility index (Phi) is 3.77. The van der Waals surface area contributed by atoms with Crippen LogP contribution in [0, 0.1) is 10.1 Å². The van der Waals surface area contributed by atoms with E-state index in [1.165, 1.54) is 12.1 Å². The molecule has 0 aliphatic carbocycles. The van der Waals surface area contributed by atoms with Gasteiger partial charge in [0.05, 0.1) is 16.4 Å². The quantitative estimate of drug-likeness (QED) is 0.449. The predicted molar refractivity (Wildman–Crippen MR) is 74.2 cm³/mol. The summed E-state index contributed by atoms with van der Waals surface area (Å²) < 4.78 is 23.1. The minimum atomic E-state index is -3.10. The number of nitrogen functional groups attached to an aromatic ring is 1. The number of hydrogen-bond donors (Lipinski definition) is 2. The molecule has 0 spiro atoms. The van der Waals surface area contributed by atoms with Gasteiger partial charge in [0.2, 0.25) is 5.82 Å². The Bertz CT molecular complexity index is 633. The van der Waals surface area contributed by atoms with E-state index < -0.39 is 14.8 Å².